The molecule has 2 amide bonds. The molecule has 0 radical (unpaired) electrons. The van der Waals surface area contributed by atoms with Crippen LogP contribution in [0.25, 0.3) is 0 Å². The normalized spacial score (nSPS) is 18.3. The van der Waals surface area contributed by atoms with Crippen LogP contribution in [-0.2, 0) is 0 Å². The van der Waals surface area contributed by atoms with Gasteiger partial charge >= 0.3 is 0 Å². The number of thiophene rings is 1. The number of hydrogen-bond acceptors (Lipinski definition) is 5. The van der Waals surface area contributed by atoms with Crippen molar-refractivity contribution < 1.29 is 14.0 Å². The van der Waals surface area contributed by atoms with Crippen LogP contribution in [0.4, 0.5) is 5.00 Å². The summed E-state index contributed by atoms with van der Waals surface area (Å²) in [6.07, 6.45) is 3.45. The Balaban J connectivity index is 0.00000225. The molecule has 0 aliphatic carbocycles. The van der Waals surface area contributed by atoms with E-state index in [9.17, 15) is 9.59 Å². The smallest absolute Gasteiger partial charge is 0.291 e. The first kappa shape index (κ1) is 19.5. The van der Waals surface area contributed by atoms with Crippen molar-refractivity contribution in [1.82, 2.24) is 4.90 Å². The van der Waals surface area contributed by atoms with Gasteiger partial charge in [-0.1, -0.05) is 0 Å². The number of nitrogens with two attached hydrogens (primary N) is 1. The summed E-state index contributed by atoms with van der Waals surface area (Å²) >= 11 is 1.33. The molecule has 1 aliphatic heterocycles. The van der Waals surface area contributed by atoms with Gasteiger partial charge in [-0.15, -0.1) is 23.7 Å². The van der Waals surface area contributed by atoms with Crippen LogP contribution in [0, 0.1) is 5.92 Å². The highest BCUT2D eigenvalue weighted by Gasteiger charge is 2.28. The van der Waals surface area contributed by atoms with Crippen LogP contribution >= 0.6 is 23.7 Å². The van der Waals surface area contributed by atoms with E-state index in [1.807, 2.05) is 11.8 Å². The Bertz CT molecular complexity index is 715. The summed E-state index contributed by atoms with van der Waals surface area (Å²) in [5, 5.41) is 5.11. The molecule has 0 saturated carbocycles. The highest BCUT2D eigenvalue weighted by atomic mass is 35.5. The largest absolute Gasteiger partial charge is 0.459 e. The van der Waals surface area contributed by atoms with Crippen LogP contribution in [-0.4, -0.2) is 35.8 Å². The molecule has 2 aromatic rings. The third-order valence-corrected chi connectivity index (χ3v) is 5.19. The number of anilines is 1. The zero-order chi connectivity index (χ0) is 17.1. The van der Waals surface area contributed by atoms with Gasteiger partial charge < -0.3 is 20.4 Å². The maximum atomic E-state index is 12.8. The maximum Gasteiger partial charge on any atom is 0.291 e. The monoisotopic (exact) mass is 383 g/mol. The average Bonchev–Trinajstić information content (AvgIpc) is 3.26. The number of likely N-dealkylation sites (tertiary alicyclic amines) is 1. The number of hydrogen-bond donors (Lipinski definition) is 2. The molecule has 1 fully saturated rings. The van der Waals surface area contributed by atoms with Gasteiger partial charge in [-0.3, -0.25) is 9.59 Å². The van der Waals surface area contributed by atoms with Gasteiger partial charge in [0.15, 0.2) is 5.76 Å². The molecule has 3 N–H and O–H groups in total. The lowest BCUT2D eigenvalue weighted by Gasteiger charge is -2.34. The molecule has 6 nitrogen and oxygen atoms in total. The minimum atomic E-state index is -0.358. The molecule has 3 rings (SSSR count). The van der Waals surface area contributed by atoms with E-state index >= 15 is 0 Å². The van der Waals surface area contributed by atoms with Crippen LogP contribution < -0.4 is 11.1 Å². The summed E-state index contributed by atoms with van der Waals surface area (Å²) in [5.41, 5.74) is 6.51. The van der Waals surface area contributed by atoms with Crippen LogP contribution in [0.3, 0.4) is 0 Å². The van der Waals surface area contributed by atoms with Crippen molar-refractivity contribution in [2.75, 3.05) is 18.4 Å². The molecule has 3 heterocycles. The maximum absolute atomic E-state index is 12.8. The Labute approximate surface area is 156 Å². The number of amides is 2. The predicted octanol–water partition coefficient (Wildman–Crippen LogP) is 3.21. The number of carbonyl (C=O) groups excluding carboxylic acids is 2. The lowest BCUT2D eigenvalue weighted by molar-refractivity contribution is 0.0662. The number of nitrogens with zero attached hydrogens (tertiary/aromatic N) is 1. The lowest BCUT2D eigenvalue weighted by Crippen LogP contribution is -2.45. The van der Waals surface area contributed by atoms with Gasteiger partial charge in [-0.05, 0) is 49.3 Å². The number of carbonyl (C=O) groups is 2. The number of nitrogens with one attached hydrogen (secondary N) is 1. The van der Waals surface area contributed by atoms with Gasteiger partial charge in [0.2, 0.25) is 0 Å². The van der Waals surface area contributed by atoms with E-state index in [-0.39, 0.29) is 36.0 Å². The summed E-state index contributed by atoms with van der Waals surface area (Å²) in [6, 6.07) is 5.06. The molecule has 136 valence electrons. The Hall–Kier alpha value is -1.83. The van der Waals surface area contributed by atoms with E-state index in [2.05, 4.69) is 5.32 Å². The molecule has 8 heteroatoms. The van der Waals surface area contributed by atoms with Crippen molar-refractivity contribution in [2.45, 2.75) is 25.8 Å². The molecule has 25 heavy (non-hydrogen) atoms. The molecule has 2 atom stereocenters. The van der Waals surface area contributed by atoms with Crippen LogP contribution in [0.15, 0.2) is 34.3 Å². The third-order valence-electron chi connectivity index (χ3n) is 4.36. The van der Waals surface area contributed by atoms with Gasteiger partial charge in [0.1, 0.15) is 5.00 Å². The highest BCUT2D eigenvalue weighted by molar-refractivity contribution is 7.14. The van der Waals surface area contributed by atoms with Gasteiger partial charge in [-0.25, -0.2) is 0 Å². The van der Waals surface area contributed by atoms with Crippen molar-refractivity contribution in [2.24, 2.45) is 11.7 Å². The molecule has 1 aliphatic rings. The van der Waals surface area contributed by atoms with Crippen molar-refractivity contribution in [3.8, 4) is 0 Å². The first-order chi connectivity index (χ1) is 11.6. The molecule has 2 aromatic heterocycles. The third kappa shape index (κ3) is 4.42. The standard InChI is InChI=1S/C17H21N3O3S.ClH/c1-11(18)12-4-2-7-20(10-12)17(22)13-6-9-24-16(13)19-15(21)14-5-3-8-23-14;/h3,5-6,8-9,11-12H,2,4,7,10,18H2,1H3,(H,19,21);1H. The fourth-order valence-electron chi connectivity index (χ4n) is 2.94. The van der Waals surface area contributed by atoms with E-state index in [1.54, 1.807) is 23.6 Å². The number of furan rings is 1. The van der Waals surface area contributed by atoms with Crippen LogP contribution in [0.1, 0.15) is 40.7 Å². The second kappa shape index (κ2) is 8.51. The van der Waals surface area contributed by atoms with Gasteiger partial charge in [0.25, 0.3) is 11.8 Å². The molecule has 2 unspecified atom stereocenters. The minimum absolute atomic E-state index is 0. The number of piperidine rings is 1. The van der Waals surface area contributed by atoms with Crippen molar-refractivity contribution >= 4 is 40.6 Å². The van der Waals surface area contributed by atoms with Crippen LogP contribution in [0.2, 0.25) is 0 Å². The number of rotatable bonds is 4. The molecule has 1 saturated heterocycles. The Kier molecular flexibility index (Phi) is 6.64. The first-order valence-electron chi connectivity index (χ1n) is 8.03. The van der Waals surface area contributed by atoms with E-state index in [1.165, 1.54) is 17.6 Å². The summed E-state index contributed by atoms with van der Waals surface area (Å²) < 4.78 is 5.08. The molecule has 0 aromatic carbocycles. The predicted molar refractivity (Wildman–Crippen MR) is 101 cm³/mol. The van der Waals surface area contributed by atoms with Crippen molar-refractivity contribution in [3.05, 3.63) is 41.2 Å². The van der Waals surface area contributed by atoms with Gasteiger partial charge in [0.05, 0.1) is 11.8 Å². The Morgan fingerprint density at radius 1 is 1.44 bits per heavy atom. The lowest BCUT2D eigenvalue weighted by atomic mass is 9.92. The molecule has 0 bridgehead atoms. The fourth-order valence-corrected chi connectivity index (χ4v) is 3.72. The summed E-state index contributed by atoms with van der Waals surface area (Å²) in [4.78, 5) is 26.8. The van der Waals surface area contributed by atoms with Gasteiger partial charge in [0, 0.05) is 19.1 Å². The Morgan fingerprint density at radius 3 is 2.92 bits per heavy atom. The summed E-state index contributed by atoms with van der Waals surface area (Å²) in [5.74, 6) is 0.124. The highest BCUT2D eigenvalue weighted by Crippen LogP contribution is 2.28. The van der Waals surface area contributed by atoms with Crippen molar-refractivity contribution in [3.63, 3.8) is 0 Å². The van der Waals surface area contributed by atoms with E-state index in [0.29, 0.717) is 23.0 Å². The molecular formula is C17H22ClN3O3S. The summed E-state index contributed by atoms with van der Waals surface area (Å²) in [7, 11) is 0. The van der Waals surface area contributed by atoms with Crippen LogP contribution in [0.5, 0.6) is 0 Å². The van der Waals surface area contributed by atoms with Crippen molar-refractivity contribution in [1.29, 1.82) is 0 Å². The Morgan fingerprint density at radius 2 is 2.24 bits per heavy atom. The van der Waals surface area contributed by atoms with E-state index in [0.717, 1.165) is 19.4 Å². The van der Waals surface area contributed by atoms with E-state index < -0.39 is 0 Å². The second-order valence-corrected chi connectivity index (χ2v) is 7.02. The quantitative estimate of drug-likeness (QED) is 0.848. The SMILES string of the molecule is CC(N)C1CCCN(C(=O)c2ccsc2NC(=O)c2ccco2)C1.Cl. The van der Waals surface area contributed by atoms with E-state index in [4.69, 9.17) is 10.2 Å². The zero-order valence-corrected chi connectivity index (χ0v) is 15.6. The number of halogens is 1. The topological polar surface area (TPSA) is 88.6 Å². The second-order valence-electron chi connectivity index (χ2n) is 6.11. The van der Waals surface area contributed by atoms with Gasteiger partial charge in [-0.2, -0.15) is 0 Å². The fraction of sp³-hybridized carbons (Fsp3) is 0.412. The summed E-state index contributed by atoms with van der Waals surface area (Å²) in [6.45, 7) is 3.37. The minimum Gasteiger partial charge on any atom is -0.459 e. The average molecular weight is 384 g/mol. The molecule has 0 spiro atoms. The molecular weight excluding hydrogens is 362 g/mol. The first-order valence-corrected chi connectivity index (χ1v) is 8.91. The zero-order valence-electron chi connectivity index (χ0n) is 13.9.